The zero-order valence-electron chi connectivity index (χ0n) is 12.4. The number of ether oxygens (including phenoxy) is 1. The molecule has 0 unspecified atom stereocenters. The number of hydrogen-bond donors (Lipinski definition) is 0. The van der Waals surface area contributed by atoms with Gasteiger partial charge in [0.25, 0.3) is 0 Å². The quantitative estimate of drug-likeness (QED) is 0.782. The summed E-state index contributed by atoms with van der Waals surface area (Å²) in [6, 6.07) is 9.97. The Morgan fingerprint density at radius 2 is 2.05 bits per heavy atom. The van der Waals surface area contributed by atoms with Crippen LogP contribution in [0.15, 0.2) is 42.0 Å². The number of benzene rings is 1. The van der Waals surface area contributed by atoms with Crippen molar-refractivity contribution in [2.75, 3.05) is 13.7 Å². The fourth-order valence-corrected chi connectivity index (χ4v) is 2.45. The number of amides is 1. The highest BCUT2D eigenvalue weighted by Crippen LogP contribution is 2.18. The molecular formula is C17H21NO3. The average Bonchev–Trinajstić information content (AvgIpc) is 2.69. The van der Waals surface area contributed by atoms with Gasteiger partial charge in [0.1, 0.15) is 0 Å². The first-order chi connectivity index (χ1) is 10.2. The smallest absolute Gasteiger partial charge is 0.305 e. The van der Waals surface area contributed by atoms with Crippen LogP contribution in [0.1, 0.15) is 31.2 Å². The number of methoxy groups -OCH3 is 1. The van der Waals surface area contributed by atoms with Crippen molar-refractivity contribution < 1.29 is 14.3 Å². The van der Waals surface area contributed by atoms with Gasteiger partial charge in [-0.05, 0) is 24.8 Å². The summed E-state index contributed by atoms with van der Waals surface area (Å²) in [7, 11) is 1.37. The normalized spacial score (nSPS) is 15.4. The highest BCUT2D eigenvalue weighted by molar-refractivity contribution is 5.94. The van der Waals surface area contributed by atoms with Gasteiger partial charge in [0.15, 0.2) is 0 Å². The van der Waals surface area contributed by atoms with Crippen molar-refractivity contribution in [3.63, 3.8) is 0 Å². The van der Waals surface area contributed by atoms with Gasteiger partial charge in [0.05, 0.1) is 7.11 Å². The third-order valence-electron chi connectivity index (χ3n) is 3.63. The minimum Gasteiger partial charge on any atom is -0.469 e. The van der Waals surface area contributed by atoms with E-state index in [-0.39, 0.29) is 18.3 Å². The van der Waals surface area contributed by atoms with Gasteiger partial charge in [0, 0.05) is 25.1 Å². The van der Waals surface area contributed by atoms with Crippen LogP contribution in [0.4, 0.5) is 0 Å². The highest BCUT2D eigenvalue weighted by atomic mass is 16.5. The summed E-state index contributed by atoms with van der Waals surface area (Å²) in [5, 5.41) is 0. The molecule has 0 atom stereocenters. The molecule has 0 N–H and O–H groups in total. The predicted octanol–water partition coefficient (Wildman–Crippen LogP) is 2.69. The summed E-state index contributed by atoms with van der Waals surface area (Å²) in [5.41, 5.74) is 1.86. The van der Waals surface area contributed by atoms with E-state index in [9.17, 15) is 9.59 Å². The van der Waals surface area contributed by atoms with E-state index in [1.54, 1.807) is 0 Å². The molecule has 0 radical (unpaired) electrons. The summed E-state index contributed by atoms with van der Waals surface area (Å²) in [6.07, 6.45) is 4.52. The number of rotatable bonds is 5. The maximum absolute atomic E-state index is 12.6. The lowest BCUT2D eigenvalue weighted by Crippen LogP contribution is -2.31. The van der Waals surface area contributed by atoms with Gasteiger partial charge in [0.2, 0.25) is 5.91 Å². The Kier molecular flexibility index (Phi) is 5.55. The van der Waals surface area contributed by atoms with E-state index in [1.807, 2.05) is 41.3 Å². The van der Waals surface area contributed by atoms with Crippen molar-refractivity contribution in [2.45, 2.75) is 32.2 Å². The first-order valence-electron chi connectivity index (χ1n) is 7.29. The van der Waals surface area contributed by atoms with E-state index in [1.165, 1.54) is 7.11 Å². The molecule has 0 saturated heterocycles. The Morgan fingerprint density at radius 1 is 1.29 bits per heavy atom. The molecule has 0 spiro atoms. The summed E-state index contributed by atoms with van der Waals surface area (Å²) in [6.45, 7) is 1.38. The van der Waals surface area contributed by atoms with Gasteiger partial charge in [-0.3, -0.25) is 9.59 Å². The van der Waals surface area contributed by atoms with Crippen molar-refractivity contribution in [3.8, 4) is 0 Å². The zero-order valence-corrected chi connectivity index (χ0v) is 12.4. The van der Waals surface area contributed by atoms with Crippen LogP contribution in [0, 0.1) is 0 Å². The molecule has 0 bridgehead atoms. The van der Waals surface area contributed by atoms with Gasteiger partial charge in [-0.2, -0.15) is 0 Å². The first kappa shape index (κ1) is 15.3. The molecule has 112 valence electrons. The summed E-state index contributed by atoms with van der Waals surface area (Å²) >= 11 is 0. The standard InChI is InChI=1S/C17H21NO3/c1-21-16(19)11-10-15-9-5-6-12-18(17(15)20)13-14-7-3-2-4-8-14/h2-4,7-9H,5-6,10-13H2,1H3. The molecule has 0 aromatic heterocycles. The van der Waals surface area contributed by atoms with Crippen molar-refractivity contribution in [3.05, 3.63) is 47.5 Å². The second kappa shape index (κ2) is 7.62. The van der Waals surface area contributed by atoms with E-state index in [4.69, 9.17) is 0 Å². The van der Waals surface area contributed by atoms with Crippen LogP contribution in [0.25, 0.3) is 0 Å². The molecule has 0 aliphatic carbocycles. The van der Waals surface area contributed by atoms with Crippen molar-refractivity contribution in [1.29, 1.82) is 0 Å². The van der Waals surface area contributed by atoms with Gasteiger partial charge >= 0.3 is 5.97 Å². The maximum Gasteiger partial charge on any atom is 0.305 e. The number of esters is 1. The SMILES string of the molecule is COC(=O)CCC1=CCCCN(Cc2ccccc2)C1=O. The summed E-state index contributed by atoms with van der Waals surface area (Å²) in [5.74, 6) is -0.234. The molecule has 1 aliphatic heterocycles. The monoisotopic (exact) mass is 287 g/mol. The third-order valence-corrected chi connectivity index (χ3v) is 3.63. The molecule has 4 nitrogen and oxygen atoms in total. The Hall–Kier alpha value is -2.10. The van der Waals surface area contributed by atoms with Crippen LogP contribution in [0.5, 0.6) is 0 Å². The molecule has 1 heterocycles. The largest absolute Gasteiger partial charge is 0.469 e. The Balaban J connectivity index is 2.01. The number of carbonyl (C=O) groups is 2. The van der Waals surface area contributed by atoms with Gasteiger partial charge in [-0.15, -0.1) is 0 Å². The van der Waals surface area contributed by atoms with E-state index in [0.29, 0.717) is 13.0 Å². The number of nitrogens with zero attached hydrogens (tertiary/aromatic N) is 1. The van der Waals surface area contributed by atoms with Crippen LogP contribution in [-0.2, 0) is 20.9 Å². The lowest BCUT2D eigenvalue weighted by Gasteiger charge is -2.22. The van der Waals surface area contributed by atoms with Gasteiger partial charge in [-0.25, -0.2) is 0 Å². The summed E-state index contributed by atoms with van der Waals surface area (Å²) in [4.78, 5) is 25.7. The summed E-state index contributed by atoms with van der Waals surface area (Å²) < 4.78 is 4.64. The fraction of sp³-hybridized carbons (Fsp3) is 0.412. The van der Waals surface area contributed by atoms with Crippen molar-refractivity contribution in [1.82, 2.24) is 4.90 Å². The third kappa shape index (κ3) is 4.45. The molecule has 1 aromatic rings. The zero-order chi connectivity index (χ0) is 15.1. The molecule has 2 rings (SSSR count). The molecular weight excluding hydrogens is 266 g/mol. The Labute approximate surface area is 125 Å². The highest BCUT2D eigenvalue weighted by Gasteiger charge is 2.21. The Morgan fingerprint density at radius 3 is 2.76 bits per heavy atom. The van der Waals surface area contributed by atoms with E-state index in [2.05, 4.69) is 4.74 Å². The van der Waals surface area contributed by atoms with Gasteiger partial charge < -0.3 is 9.64 Å². The molecule has 21 heavy (non-hydrogen) atoms. The fourth-order valence-electron chi connectivity index (χ4n) is 2.45. The van der Waals surface area contributed by atoms with Crippen LogP contribution in [0.2, 0.25) is 0 Å². The minimum atomic E-state index is -0.275. The Bertz CT molecular complexity index is 522. The molecule has 4 heteroatoms. The molecule has 0 fully saturated rings. The number of hydrogen-bond acceptors (Lipinski definition) is 3. The van der Waals surface area contributed by atoms with E-state index < -0.39 is 0 Å². The lowest BCUT2D eigenvalue weighted by molar-refractivity contribution is -0.140. The van der Waals surface area contributed by atoms with Crippen LogP contribution in [-0.4, -0.2) is 30.4 Å². The molecule has 0 saturated carbocycles. The second-order valence-corrected chi connectivity index (χ2v) is 5.16. The first-order valence-corrected chi connectivity index (χ1v) is 7.29. The molecule has 1 aromatic carbocycles. The van der Waals surface area contributed by atoms with Crippen LogP contribution < -0.4 is 0 Å². The lowest BCUT2D eigenvalue weighted by atomic mass is 10.1. The van der Waals surface area contributed by atoms with Crippen LogP contribution in [0.3, 0.4) is 0 Å². The van der Waals surface area contributed by atoms with Crippen molar-refractivity contribution >= 4 is 11.9 Å². The number of carbonyl (C=O) groups excluding carboxylic acids is 2. The van der Waals surface area contributed by atoms with E-state index >= 15 is 0 Å². The topological polar surface area (TPSA) is 46.6 Å². The number of allylic oxidation sites excluding steroid dienone is 1. The predicted molar refractivity (Wildman–Crippen MR) is 80.4 cm³/mol. The molecule has 1 aliphatic rings. The van der Waals surface area contributed by atoms with E-state index in [0.717, 1.165) is 30.5 Å². The van der Waals surface area contributed by atoms with Crippen LogP contribution >= 0.6 is 0 Å². The average molecular weight is 287 g/mol. The maximum atomic E-state index is 12.6. The minimum absolute atomic E-state index is 0.0419. The second-order valence-electron chi connectivity index (χ2n) is 5.16. The van der Waals surface area contributed by atoms with Crippen molar-refractivity contribution in [2.24, 2.45) is 0 Å². The molecule has 1 amide bonds. The van der Waals surface area contributed by atoms with Gasteiger partial charge in [-0.1, -0.05) is 36.4 Å².